The zero-order valence-corrected chi connectivity index (χ0v) is 17.4. The molecule has 1 amide bonds. The molecule has 1 heterocycles. The highest BCUT2D eigenvalue weighted by Crippen LogP contribution is 2.48. The number of hydrogen-bond donors (Lipinski definition) is 3. The van der Waals surface area contributed by atoms with Gasteiger partial charge >= 0.3 is 0 Å². The first kappa shape index (κ1) is 19.8. The number of halogens is 1. The zero-order chi connectivity index (χ0) is 20.3. The zero-order valence-electron chi connectivity index (χ0n) is 16.7. The third-order valence-electron chi connectivity index (χ3n) is 5.82. The predicted octanol–water partition coefficient (Wildman–Crippen LogP) is 4.05. The monoisotopic (exact) mass is 410 g/mol. The second kappa shape index (κ2) is 8.46. The fourth-order valence-electron chi connectivity index (χ4n) is 3.97. The molecule has 1 aliphatic carbocycles. The van der Waals surface area contributed by atoms with Gasteiger partial charge in [0, 0.05) is 41.6 Å². The standard InChI is InChI=1S/C23H27ClN4O/c1-2-25-22(27-15-23(11-12-23)17-7-9-18(24)10-8-17)26-14-16-13-21(29)28-20-6-4-3-5-19(16)20/h3-10,16H,2,11-15H2,1H3,(H,28,29)(H2,25,26,27). The Balaban J connectivity index is 1.43. The molecule has 0 radical (unpaired) electrons. The summed E-state index contributed by atoms with van der Waals surface area (Å²) in [5, 5.41) is 10.5. The van der Waals surface area contributed by atoms with E-state index in [0.717, 1.165) is 42.6 Å². The van der Waals surface area contributed by atoms with E-state index in [9.17, 15) is 4.79 Å². The number of nitrogens with one attached hydrogen (secondary N) is 3. The van der Waals surface area contributed by atoms with Crippen molar-refractivity contribution >= 4 is 29.2 Å². The summed E-state index contributed by atoms with van der Waals surface area (Å²) in [5.41, 5.74) is 3.52. The predicted molar refractivity (Wildman–Crippen MR) is 119 cm³/mol. The summed E-state index contributed by atoms with van der Waals surface area (Å²) < 4.78 is 0. The molecule has 0 bridgehead atoms. The maximum Gasteiger partial charge on any atom is 0.225 e. The topological polar surface area (TPSA) is 65.5 Å². The van der Waals surface area contributed by atoms with Crippen molar-refractivity contribution in [2.75, 3.05) is 25.0 Å². The highest BCUT2D eigenvalue weighted by atomic mass is 35.5. The molecule has 0 saturated heterocycles. The van der Waals surface area contributed by atoms with Gasteiger partial charge in [-0.05, 0) is 49.1 Å². The van der Waals surface area contributed by atoms with Crippen LogP contribution in [0.1, 0.15) is 43.2 Å². The number of para-hydroxylation sites is 1. The van der Waals surface area contributed by atoms with Gasteiger partial charge in [0.2, 0.25) is 5.91 Å². The first-order chi connectivity index (χ1) is 14.1. The molecule has 0 aromatic heterocycles. The summed E-state index contributed by atoms with van der Waals surface area (Å²) in [6.45, 7) is 4.27. The van der Waals surface area contributed by atoms with Crippen molar-refractivity contribution in [1.82, 2.24) is 10.6 Å². The molecule has 152 valence electrons. The van der Waals surface area contributed by atoms with E-state index in [2.05, 4.69) is 41.1 Å². The lowest BCUT2D eigenvalue weighted by molar-refractivity contribution is -0.116. The number of fused-ring (bicyclic) bond motifs is 1. The summed E-state index contributed by atoms with van der Waals surface area (Å²) in [6, 6.07) is 16.2. The molecule has 2 aromatic rings. The Kier molecular flexibility index (Phi) is 5.76. The summed E-state index contributed by atoms with van der Waals surface area (Å²) >= 11 is 6.04. The number of carbonyl (C=O) groups is 1. The van der Waals surface area contributed by atoms with E-state index in [1.54, 1.807) is 0 Å². The largest absolute Gasteiger partial charge is 0.357 e. The molecule has 4 rings (SSSR count). The van der Waals surface area contributed by atoms with Crippen molar-refractivity contribution in [3.05, 3.63) is 64.7 Å². The van der Waals surface area contributed by atoms with Gasteiger partial charge in [-0.3, -0.25) is 9.79 Å². The van der Waals surface area contributed by atoms with Gasteiger partial charge in [0.05, 0.1) is 6.54 Å². The van der Waals surface area contributed by atoms with Crippen LogP contribution in [0.2, 0.25) is 5.02 Å². The highest BCUT2D eigenvalue weighted by molar-refractivity contribution is 6.30. The van der Waals surface area contributed by atoms with Crippen molar-refractivity contribution < 1.29 is 4.79 Å². The smallest absolute Gasteiger partial charge is 0.225 e. The van der Waals surface area contributed by atoms with Crippen LogP contribution in [-0.4, -0.2) is 31.5 Å². The van der Waals surface area contributed by atoms with Crippen molar-refractivity contribution in [1.29, 1.82) is 0 Å². The molecule has 2 aromatic carbocycles. The normalized spacial score (nSPS) is 19.9. The maximum absolute atomic E-state index is 12.1. The van der Waals surface area contributed by atoms with Crippen molar-refractivity contribution in [2.45, 2.75) is 37.5 Å². The Bertz CT molecular complexity index is 905. The molecule has 1 atom stereocenters. The van der Waals surface area contributed by atoms with Gasteiger partial charge in [-0.2, -0.15) is 0 Å². The van der Waals surface area contributed by atoms with E-state index < -0.39 is 0 Å². The van der Waals surface area contributed by atoms with Crippen molar-refractivity contribution in [3.63, 3.8) is 0 Å². The molecular weight excluding hydrogens is 384 g/mol. The number of carbonyl (C=O) groups excluding carboxylic acids is 1. The second-order valence-electron chi connectivity index (χ2n) is 7.90. The first-order valence-electron chi connectivity index (χ1n) is 10.3. The number of anilines is 1. The van der Waals surface area contributed by atoms with Crippen molar-refractivity contribution in [2.24, 2.45) is 4.99 Å². The molecule has 1 unspecified atom stereocenters. The minimum atomic E-state index is 0.0668. The average molecular weight is 411 g/mol. The Morgan fingerprint density at radius 3 is 2.66 bits per heavy atom. The minimum absolute atomic E-state index is 0.0668. The van der Waals surface area contributed by atoms with Gasteiger partial charge in [0.25, 0.3) is 0 Å². The van der Waals surface area contributed by atoms with E-state index in [1.807, 2.05) is 30.3 Å². The van der Waals surface area contributed by atoms with E-state index in [-0.39, 0.29) is 17.2 Å². The second-order valence-corrected chi connectivity index (χ2v) is 8.34. The van der Waals surface area contributed by atoms with Crippen LogP contribution in [0.3, 0.4) is 0 Å². The summed E-state index contributed by atoms with van der Waals surface area (Å²) in [6.07, 6.45) is 2.78. The lowest BCUT2D eigenvalue weighted by Gasteiger charge is -2.26. The Labute approximate surface area is 177 Å². The molecule has 5 nitrogen and oxygen atoms in total. The SMILES string of the molecule is CCNC(=NCC1(c2ccc(Cl)cc2)CC1)NCC1CC(=O)Nc2ccccc21. The lowest BCUT2D eigenvalue weighted by atomic mass is 9.90. The van der Waals surface area contributed by atoms with Gasteiger partial charge in [-0.15, -0.1) is 0 Å². The molecule has 29 heavy (non-hydrogen) atoms. The number of rotatable bonds is 6. The van der Waals surface area contributed by atoms with E-state index in [1.165, 1.54) is 11.1 Å². The Morgan fingerprint density at radius 2 is 1.93 bits per heavy atom. The first-order valence-corrected chi connectivity index (χ1v) is 10.6. The van der Waals surface area contributed by atoms with Crippen LogP contribution >= 0.6 is 11.6 Å². The number of guanidine groups is 1. The van der Waals surface area contributed by atoms with Gasteiger partial charge < -0.3 is 16.0 Å². The number of hydrogen-bond acceptors (Lipinski definition) is 2. The Hall–Kier alpha value is -2.53. The third kappa shape index (κ3) is 4.56. The molecule has 2 aliphatic rings. The van der Waals surface area contributed by atoms with Gasteiger partial charge in [-0.1, -0.05) is 41.9 Å². The number of amides is 1. The van der Waals surface area contributed by atoms with Crippen LogP contribution in [0, 0.1) is 0 Å². The summed E-state index contributed by atoms with van der Waals surface area (Å²) in [4.78, 5) is 16.9. The number of benzene rings is 2. The molecule has 0 spiro atoms. The molecule has 1 fully saturated rings. The van der Waals surface area contributed by atoms with Crippen molar-refractivity contribution in [3.8, 4) is 0 Å². The van der Waals surface area contributed by atoms with E-state index in [4.69, 9.17) is 16.6 Å². The summed E-state index contributed by atoms with van der Waals surface area (Å²) in [5.74, 6) is 1.00. The fourth-order valence-corrected chi connectivity index (χ4v) is 4.09. The van der Waals surface area contributed by atoms with Gasteiger partial charge in [-0.25, -0.2) is 0 Å². The van der Waals surface area contributed by atoms with E-state index in [0.29, 0.717) is 13.0 Å². The van der Waals surface area contributed by atoms with Gasteiger partial charge in [0.1, 0.15) is 0 Å². The van der Waals surface area contributed by atoms with E-state index >= 15 is 0 Å². The Morgan fingerprint density at radius 1 is 1.17 bits per heavy atom. The minimum Gasteiger partial charge on any atom is -0.357 e. The number of nitrogens with zero attached hydrogens (tertiary/aromatic N) is 1. The van der Waals surface area contributed by atoms with Crippen LogP contribution in [-0.2, 0) is 10.2 Å². The highest BCUT2D eigenvalue weighted by Gasteiger charge is 2.44. The third-order valence-corrected chi connectivity index (χ3v) is 6.07. The molecule has 3 N–H and O–H groups in total. The molecular formula is C23H27ClN4O. The molecule has 1 aliphatic heterocycles. The lowest BCUT2D eigenvalue weighted by Crippen LogP contribution is -2.41. The molecule has 6 heteroatoms. The van der Waals surface area contributed by atoms with Gasteiger partial charge in [0.15, 0.2) is 5.96 Å². The van der Waals surface area contributed by atoms with Crippen LogP contribution in [0.5, 0.6) is 0 Å². The maximum atomic E-state index is 12.1. The average Bonchev–Trinajstić information content (AvgIpc) is 3.51. The van der Waals surface area contributed by atoms with Crippen LogP contribution < -0.4 is 16.0 Å². The number of aliphatic imine (C=N–C) groups is 1. The molecule has 1 saturated carbocycles. The quantitative estimate of drug-likeness (QED) is 0.497. The van der Waals surface area contributed by atoms with Crippen LogP contribution in [0.25, 0.3) is 0 Å². The van der Waals surface area contributed by atoms with Crippen LogP contribution in [0.15, 0.2) is 53.5 Å². The summed E-state index contributed by atoms with van der Waals surface area (Å²) in [7, 11) is 0. The van der Waals surface area contributed by atoms with Crippen LogP contribution in [0.4, 0.5) is 5.69 Å². The fraction of sp³-hybridized carbons (Fsp3) is 0.391.